The summed E-state index contributed by atoms with van der Waals surface area (Å²) in [5.41, 5.74) is 7.38. The first kappa shape index (κ1) is 12.7. The summed E-state index contributed by atoms with van der Waals surface area (Å²) in [5, 5.41) is 0. The maximum Gasteiger partial charge on any atom is 0.139 e. The highest BCUT2D eigenvalue weighted by Crippen LogP contribution is 2.34. The van der Waals surface area contributed by atoms with Crippen LogP contribution in [0.25, 0.3) is 0 Å². The van der Waals surface area contributed by atoms with Crippen LogP contribution in [-0.2, 0) is 0 Å². The number of rotatable bonds is 1. The summed E-state index contributed by atoms with van der Waals surface area (Å²) in [4.78, 5) is 2.28. The SMILES string of the molecule is CC1CCN(c2cc(Br)c(F)cc2N)C(C)C1. The zero-order valence-electron chi connectivity index (χ0n) is 10.2. The van der Waals surface area contributed by atoms with Crippen LogP contribution < -0.4 is 10.6 Å². The minimum atomic E-state index is -0.302. The van der Waals surface area contributed by atoms with Gasteiger partial charge in [0.25, 0.3) is 0 Å². The molecule has 2 unspecified atom stereocenters. The third-order valence-electron chi connectivity index (χ3n) is 3.52. The molecular weight excluding hydrogens is 283 g/mol. The second-order valence-corrected chi connectivity index (χ2v) is 5.85. The Kier molecular flexibility index (Phi) is 3.61. The Morgan fingerprint density at radius 2 is 2.12 bits per heavy atom. The van der Waals surface area contributed by atoms with E-state index in [4.69, 9.17) is 5.73 Å². The van der Waals surface area contributed by atoms with Gasteiger partial charge in [-0.3, -0.25) is 0 Å². The van der Waals surface area contributed by atoms with E-state index in [0.717, 1.165) is 24.6 Å². The Labute approximate surface area is 110 Å². The van der Waals surface area contributed by atoms with Gasteiger partial charge in [0.1, 0.15) is 5.82 Å². The van der Waals surface area contributed by atoms with E-state index in [1.54, 1.807) is 6.07 Å². The molecule has 1 aliphatic heterocycles. The number of hydrogen-bond acceptors (Lipinski definition) is 2. The number of hydrogen-bond donors (Lipinski definition) is 1. The van der Waals surface area contributed by atoms with Crippen LogP contribution in [-0.4, -0.2) is 12.6 Å². The molecule has 1 aromatic rings. The number of nitrogen functional groups attached to an aromatic ring is 1. The van der Waals surface area contributed by atoms with Crippen molar-refractivity contribution in [2.75, 3.05) is 17.2 Å². The van der Waals surface area contributed by atoms with Gasteiger partial charge in [0.05, 0.1) is 15.8 Å². The lowest BCUT2D eigenvalue weighted by Gasteiger charge is -2.39. The first-order valence-corrected chi connectivity index (χ1v) is 6.79. The maximum atomic E-state index is 13.3. The summed E-state index contributed by atoms with van der Waals surface area (Å²) in [5.74, 6) is 0.454. The quantitative estimate of drug-likeness (QED) is 0.800. The van der Waals surface area contributed by atoms with E-state index >= 15 is 0 Å². The molecule has 1 heterocycles. The maximum absolute atomic E-state index is 13.3. The predicted molar refractivity (Wildman–Crippen MR) is 73.7 cm³/mol. The number of piperidine rings is 1. The largest absolute Gasteiger partial charge is 0.397 e. The Morgan fingerprint density at radius 3 is 2.76 bits per heavy atom. The van der Waals surface area contributed by atoms with Crippen LogP contribution in [0.2, 0.25) is 0 Å². The third kappa shape index (κ3) is 2.57. The predicted octanol–water partition coefficient (Wildman–Crippen LogP) is 3.80. The van der Waals surface area contributed by atoms with Crippen molar-refractivity contribution in [2.24, 2.45) is 5.92 Å². The highest BCUT2D eigenvalue weighted by molar-refractivity contribution is 9.10. The molecule has 17 heavy (non-hydrogen) atoms. The molecule has 94 valence electrons. The average Bonchev–Trinajstić information content (AvgIpc) is 2.24. The summed E-state index contributed by atoms with van der Waals surface area (Å²) in [7, 11) is 0. The minimum Gasteiger partial charge on any atom is -0.397 e. The Balaban J connectivity index is 2.31. The molecule has 0 radical (unpaired) electrons. The highest BCUT2D eigenvalue weighted by Gasteiger charge is 2.24. The number of nitrogens with zero attached hydrogens (tertiary/aromatic N) is 1. The molecule has 2 atom stereocenters. The first-order chi connectivity index (χ1) is 7.99. The van der Waals surface area contributed by atoms with Crippen molar-refractivity contribution in [3.8, 4) is 0 Å². The first-order valence-electron chi connectivity index (χ1n) is 6.00. The highest BCUT2D eigenvalue weighted by atomic mass is 79.9. The fraction of sp³-hybridized carbons (Fsp3) is 0.538. The van der Waals surface area contributed by atoms with Crippen molar-refractivity contribution in [3.63, 3.8) is 0 Å². The van der Waals surface area contributed by atoms with Crippen LogP contribution in [0.15, 0.2) is 16.6 Å². The van der Waals surface area contributed by atoms with E-state index in [9.17, 15) is 4.39 Å². The standard InChI is InChI=1S/C13H18BrFN2/c1-8-3-4-17(9(2)5-8)13-6-10(14)11(15)7-12(13)16/h6-9H,3-5,16H2,1-2H3. The van der Waals surface area contributed by atoms with Crippen molar-refractivity contribution in [1.82, 2.24) is 0 Å². The molecule has 0 spiro atoms. The van der Waals surface area contributed by atoms with Crippen LogP contribution in [0.4, 0.5) is 15.8 Å². The molecule has 2 nitrogen and oxygen atoms in total. The Morgan fingerprint density at radius 1 is 1.41 bits per heavy atom. The molecule has 1 aliphatic rings. The van der Waals surface area contributed by atoms with E-state index in [1.807, 2.05) is 0 Å². The van der Waals surface area contributed by atoms with Gasteiger partial charge in [-0.25, -0.2) is 4.39 Å². The zero-order valence-corrected chi connectivity index (χ0v) is 11.8. The van der Waals surface area contributed by atoms with Gasteiger partial charge >= 0.3 is 0 Å². The second kappa shape index (κ2) is 4.84. The lowest BCUT2D eigenvalue weighted by molar-refractivity contribution is 0.378. The van der Waals surface area contributed by atoms with E-state index in [0.29, 0.717) is 16.2 Å². The molecule has 1 fully saturated rings. The van der Waals surface area contributed by atoms with Crippen LogP contribution in [0, 0.1) is 11.7 Å². The fourth-order valence-corrected chi connectivity index (χ4v) is 2.90. The van der Waals surface area contributed by atoms with Crippen molar-refractivity contribution in [3.05, 3.63) is 22.4 Å². The summed E-state index contributed by atoms with van der Waals surface area (Å²) >= 11 is 3.22. The summed E-state index contributed by atoms with van der Waals surface area (Å²) in [6.07, 6.45) is 2.33. The van der Waals surface area contributed by atoms with Gasteiger partial charge in [-0.2, -0.15) is 0 Å². The van der Waals surface area contributed by atoms with Gasteiger partial charge in [0.2, 0.25) is 0 Å². The van der Waals surface area contributed by atoms with E-state index < -0.39 is 0 Å². The lowest BCUT2D eigenvalue weighted by atomic mass is 9.93. The van der Waals surface area contributed by atoms with E-state index in [-0.39, 0.29) is 5.82 Å². The van der Waals surface area contributed by atoms with Gasteiger partial charge in [0, 0.05) is 18.7 Å². The van der Waals surface area contributed by atoms with Gasteiger partial charge in [0.15, 0.2) is 0 Å². The molecule has 0 saturated carbocycles. The molecule has 1 aromatic carbocycles. The molecular formula is C13H18BrFN2. The lowest BCUT2D eigenvalue weighted by Crippen LogP contribution is -2.40. The fourth-order valence-electron chi connectivity index (χ4n) is 2.57. The van der Waals surface area contributed by atoms with Crippen LogP contribution in [0.1, 0.15) is 26.7 Å². The summed E-state index contributed by atoms with van der Waals surface area (Å²) in [6.45, 7) is 5.47. The van der Waals surface area contributed by atoms with Crippen LogP contribution >= 0.6 is 15.9 Å². The van der Waals surface area contributed by atoms with E-state index in [2.05, 4.69) is 34.7 Å². The van der Waals surface area contributed by atoms with E-state index in [1.165, 1.54) is 12.5 Å². The van der Waals surface area contributed by atoms with Gasteiger partial charge < -0.3 is 10.6 Å². The topological polar surface area (TPSA) is 29.3 Å². The zero-order chi connectivity index (χ0) is 12.6. The number of halogens is 2. The Bertz CT molecular complexity index is 422. The summed E-state index contributed by atoms with van der Waals surface area (Å²) < 4.78 is 13.8. The monoisotopic (exact) mass is 300 g/mol. The molecule has 0 bridgehead atoms. The molecule has 0 aromatic heterocycles. The molecule has 2 N–H and O–H groups in total. The van der Waals surface area contributed by atoms with Crippen molar-refractivity contribution < 1.29 is 4.39 Å². The summed E-state index contributed by atoms with van der Waals surface area (Å²) in [6, 6.07) is 3.64. The van der Waals surface area contributed by atoms with Crippen LogP contribution in [0.5, 0.6) is 0 Å². The molecule has 0 amide bonds. The van der Waals surface area contributed by atoms with Gasteiger partial charge in [-0.1, -0.05) is 6.92 Å². The molecule has 0 aliphatic carbocycles. The van der Waals surface area contributed by atoms with Crippen molar-refractivity contribution in [2.45, 2.75) is 32.7 Å². The van der Waals surface area contributed by atoms with Gasteiger partial charge in [-0.15, -0.1) is 0 Å². The van der Waals surface area contributed by atoms with Crippen molar-refractivity contribution >= 4 is 27.3 Å². The molecule has 2 rings (SSSR count). The minimum absolute atomic E-state index is 0.302. The smallest absolute Gasteiger partial charge is 0.139 e. The number of nitrogens with two attached hydrogens (primary N) is 1. The second-order valence-electron chi connectivity index (χ2n) is 5.00. The Hall–Kier alpha value is -0.770. The number of benzene rings is 1. The van der Waals surface area contributed by atoms with Crippen molar-refractivity contribution in [1.29, 1.82) is 0 Å². The van der Waals surface area contributed by atoms with Crippen LogP contribution in [0.3, 0.4) is 0 Å². The number of anilines is 2. The average molecular weight is 301 g/mol. The van der Waals surface area contributed by atoms with Gasteiger partial charge in [-0.05, 0) is 47.7 Å². The molecule has 4 heteroatoms. The molecule has 1 saturated heterocycles. The third-order valence-corrected chi connectivity index (χ3v) is 4.13. The normalized spacial score (nSPS) is 25.1.